The Kier molecular flexibility index (Phi) is 20.5. The Bertz CT molecular complexity index is 6680. The van der Waals surface area contributed by atoms with E-state index in [-0.39, 0.29) is 34.4 Å². The zero-order chi connectivity index (χ0) is 77.8. The van der Waals surface area contributed by atoms with E-state index in [1.807, 2.05) is 198 Å². The maximum Gasteiger partial charge on any atom is 0.264 e. The Labute approximate surface area is 645 Å². The maximum absolute atomic E-state index is 14.3. The van der Waals surface area contributed by atoms with Crippen molar-refractivity contribution in [2.24, 2.45) is 0 Å². The predicted octanol–water partition coefficient (Wildman–Crippen LogP) is 15.2. The van der Waals surface area contributed by atoms with Crippen LogP contribution in [0.5, 0.6) is 5.75 Å². The van der Waals surface area contributed by atoms with Crippen LogP contribution in [-0.2, 0) is 0 Å². The molecule has 6 aromatic carbocycles. The van der Waals surface area contributed by atoms with Crippen LogP contribution in [0, 0.1) is 20.8 Å². The second-order valence-electron chi connectivity index (χ2n) is 26.8. The van der Waals surface area contributed by atoms with Crippen molar-refractivity contribution in [2.45, 2.75) is 59.7 Å². The van der Waals surface area contributed by atoms with E-state index >= 15 is 0 Å². The second-order valence-corrected chi connectivity index (χ2v) is 27.2. The molecule has 17 aromatic rings. The fraction of sp³-hybridized carbons (Fsp3) is 0.114. The Morgan fingerprint density at radius 3 is 1.40 bits per heavy atom. The Hall–Kier alpha value is -14.5. The molecule has 0 aliphatic carbocycles. The van der Waals surface area contributed by atoms with Crippen molar-refractivity contribution in [1.29, 1.82) is 0 Å². The highest BCUT2D eigenvalue weighted by atomic mass is 35.5. The van der Waals surface area contributed by atoms with Gasteiger partial charge in [-0.15, -0.1) is 0 Å². The molecule has 552 valence electrons. The Balaban J connectivity index is 0.000000133. The quantitative estimate of drug-likeness (QED) is 0.0860. The van der Waals surface area contributed by atoms with Crippen LogP contribution in [0.2, 0.25) is 5.02 Å². The number of amides is 3. The van der Waals surface area contributed by atoms with E-state index in [1.165, 1.54) is 6.20 Å². The normalized spacial score (nSPS) is 12.0. The highest BCUT2D eigenvalue weighted by molar-refractivity contribution is 6.35. The number of aromatic nitrogens is 13. The first-order valence-electron chi connectivity index (χ1n) is 35.9. The van der Waals surface area contributed by atoms with Gasteiger partial charge in [0.25, 0.3) is 34.4 Å². The van der Waals surface area contributed by atoms with E-state index in [2.05, 4.69) is 56.1 Å². The van der Waals surface area contributed by atoms with Gasteiger partial charge in [-0.25, -0.2) is 19.0 Å². The summed E-state index contributed by atoms with van der Waals surface area (Å²) in [5.41, 5.74) is 11.5. The number of aryl methyl sites for hydroxylation is 3. The molecule has 0 spiro atoms. The van der Waals surface area contributed by atoms with Gasteiger partial charge in [0.2, 0.25) is 0 Å². The van der Waals surface area contributed by atoms with Crippen molar-refractivity contribution < 1.29 is 19.1 Å². The van der Waals surface area contributed by atoms with Crippen molar-refractivity contribution in [3.63, 3.8) is 0 Å². The molecule has 0 fully saturated rings. The minimum atomic E-state index is -0.523. The molecule has 3 amide bonds. The lowest BCUT2D eigenvalue weighted by atomic mass is 9.98. The lowest BCUT2D eigenvalue weighted by Crippen LogP contribution is -2.32. The summed E-state index contributed by atoms with van der Waals surface area (Å²) >= 11 is 6.40. The number of carbonyl (C=O) groups is 3. The van der Waals surface area contributed by atoms with E-state index in [1.54, 1.807) is 136 Å². The van der Waals surface area contributed by atoms with Crippen LogP contribution in [0.25, 0.3) is 93.8 Å². The van der Waals surface area contributed by atoms with E-state index < -0.39 is 18.1 Å². The lowest BCUT2D eigenvalue weighted by molar-refractivity contribution is 0.0931. The summed E-state index contributed by atoms with van der Waals surface area (Å²) in [5.74, 6) is -0.344. The predicted molar refractivity (Wildman–Crippen MR) is 434 cm³/mol. The molecule has 0 aliphatic heterocycles. The topological polar surface area (TPSA) is 274 Å². The van der Waals surface area contributed by atoms with Crippen molar-refractivity contribution in [3.05, 3.63) is 355 Å². The molecule has 0 bridgehead atoms. The fourth-order valence-corrected chi connectivity index (χ4v) is 14.4. The largest absolute Gasteiger partial charge is 0.495 e. The first-order valence-corrected chi connectivity index (χ1v) is 36.3. The monoisotopic (exact) mass is 1500 g/mol. The van der Waals surface area contributed by atoms with Crippen molar-refractivity contribution in [2.75, 3.05) is 7.11 Å². The van der Waals surface area contributed by atoms with Crippen LogP contribution in [0.15, 0.2) is 283 Å². The first-order chi connectivity index (χ1) is 54.4. The van der Waals surface area contributed by atoms with E-state index in [0.717, 1.165) is 44.0 Å². The molecule has 0 unspecified atom stereocenters. The number of pyridine rings is 7. The molecule has 24 heteroatoms. The van der Waals surface area contributed by atoms with Crippen LogP contribution in [-0.4, -0.2) is 87.7 Å². The number of ether oxygens (including phenoxy) is 1. The van der Waals surface area contributed by atoms with E-state index in [0.29, 0.717) is 111 Å². The van der Waals surface area contributed by atoms with Crippen LogP contribution in [0.3, 0.4) is 0 Å². The number of fused-ring (bicyclic) bond motifs is 6. The number of rotatable bonds is 15. The minimum absolute atomic E-state index is 0.168. The fourth-order valence-electron chi connectivity index (χ4n) is 14.1. The average Bonchev–Trinajstić information content (AvgIpc) is 0.994. The summed E-state index contributed by atoms with van der Waals surface area (Å²) in [6.45, 7) is 11.1. The van der Waals surface area contributed by atoms with Gasteiger partial charge in [0.1, 0.15) is 16.9 Å². The minimum Gasteiger partial charge on any atom is -0.495 e. The third kappa shape index (κ3) is 14.3. The summed E-state index contributed by atoms with van der Waals surface area (Å²) in [5, 5.41) is 23.0. The molecule has 0 aliphatic rings. The molecule has 11 heterocycles. The van der Waals surface area contributed by atoms with E-state index in [9.17, 15) is 28.8 Å². The Morgan fingerprint density at radius 1 is 0.420 bits per heavy atom. The summed E-state index contributed by atoms with van der Waals surface area (Å²) in [7, 11) is 1.58. The molecule has 3 atom stereocenters. The van der Waals surface area contributed by atoms with Crippen LogP contribution >= 0.6 is 11.6 Å². The summed E-state index contributed by atoms with van der Waals surface area (Å²) in [6.07, 6.45) is 18.4. The van der Waals surface area contributed by atoms with Gasteiger partial charge >= 0.3 is 0 Å². The summed E-state index contributed by atoms with van der Waals surface area (Å²) in [6, 6.07) is 60.5. The number of methoxy groups -OCH3 is 1. The zero-order valence-corrected chi connectivity index (χ0v) is 62.4. The van der Waals surface area contributed by atoms with Crippen LogP contribution in [0.4, 0.5) is 0 Å². The van der Waals surface area contributed by atoms with Crippen molar-refractivity contribution in [1.82, 2.24) is 78.8 Å². The van der Waals surface area contributed by atoms with Gasteiger partial charge in [-0.05, 0) is 166 Å². The number of nitrogens with one attached hydrogen (secondary N) is 3. The highest BCUT2D eigenvalue weighted by Gasteiger charge is 2.28. The lowest BCUT2D eigenvalue weighted by Gasteiger charge is -2.21. The first kappa shape index (κ1) is 73.1. The molecule has 11 aromatic heterocycles. The van der Waals surface area contributed by atoms with E-state index in [4.69, 9.17) is 16.3 Å². The number of hydrogen-bond donors (Lipinski definition) is 3. The molecule has 3 N–H and O–H groups in total. The van der Waals surface area contributed by atoms with Gasteiger partial charge in [-0.3, -0.25) is 62.4 Å². The number of carbonyl (C=O) groups excluding carboxylic acids is 3. The van der Waals surface area contributed by atoms with Gasteiger partial charge in [0.05, 0.1) is 75.1 Å². The second kappa shape index (κ2) is 31.4. The molecular weight excluding hydrogens is 1430 g/mol. The number of nitrogens with zero attached hydrogens (tertiary/aromatic N) is 13. The van der Waals surface area contributed by atoms with Gasteiger partial charge in [0.15, 0.2) is 11.3 Å². The average molecular weight is 1500 g/mol. The number of hydrogen-bond acceptors (Lipinski definition) is 15. The molecule has 0 saturated heterocycles. The van der Waals surface area contributed by atoms with Gasteiger partial charge < -0.3 is 20.7 Å². The van der Waals surface area contributed by atoms with Crippen LogP contribution < -0.4 is 37.4 Å². The molecule has 17 rings (SSSR count). The number of para-hydroxylation sites is 2. The molecule has 23 nitrogen and oxygen atoms in total. The smallest absolute Gasteiger partial charge is 0.264 e. The number of halogens is 1. The van der Waals surface area contributed by atoms with Gasteiger partial charge in [0, 0.05) is 113 Å². The SMILES string of the molecule is COc1cncc(-c2cccc3cc([C@H](C)NC(=O)c4c(C)nn5cccnc45)n(-c4ccccc4)c(=O)c23)c1.Cc1ccc(-n2c([C@H](C)NC(=O)c3cncc4cccnc34)cc3cccc(Cl)c3c2=O)cc1.Cc1nn2cccnc2c1C(=O)N[C@@H](C)c1cc2cccc(-c3cccnc3)c2c(=O)n1-c1ccccc1. The summed E-state index contributed by atoms with van der Waals surface area (Å²) in [4.78, 5) is 108. The number of benzene rings is 6. The summed E-state index contributed by atoms with van der Waals surface area (Å²) < 4.78 is 13.5. The third-order valence-electron chi connectivity index (χ3n) is 19.5. The highest BCUT2D eigenvalue weighted by Crippen LogP contribution is 2.34. The molecule has 112 heavy (non-hydrogen) atoms. The molecule has 0 saturated carbocycles. The van der Waals surface area contributed by atoms with Crippen molar-refractivity contribution in [3.8, 4) is 45.1 Å². The Morgan fingerprint density at radius 2 is 0.875 bits per heavy atom. The molecular formula is C88H71ClN16O7. The standard InChI is InChI=1S/C31H26N6O3.C30H24N6O2.C27H21ClN4O2/c1-19(34-30(38)27-20(2)35-36-14-8-13-33-29(27)36)26-16-21-9-7-12-25(22-15-24(40-3)18-32-17-22)28(21)31(39)37(26)23-10-5-4-6-11-23;1-19(33-29(37)26-20(2)34-35-16-8-15-32-28(26)35)25-17-21-9-6-13-24(22-10-7-14-31-18-22)27(21)30(38)36(25)23-11-4-3-5-12-23;1-16-8-10-20(11-9-16)32-23(13-18-5-3-7-22(28)24(18)27(32)34)17(2)31-26(33)21-15-29-14-19-6-4-12-30-25(19)21/h4-19H,1-3H3,(H,34,38);3-19H,1-2H3,(H,33,37);3-15,17H,1-2H3,(H,31,33)/t2*19-;17-/m000/s1. The molecule has 0 radical (unpaired) electrons. The zero-order valence-electron chi connectivity index (χ0n) is 61.7. The maximum atomic E-state index is 14.3. The van der Waals surface area contributed by atoms with Crippen molar-refractivity contribution >= 4 is 83.8 Å². The van der Waals surface area contributed by atoms with Gasteiger partial charge in [-0.1, -0.05) is 120 Å². The van der Waals surface area contributed by atoms with Crippen LogP contribution in [0.1, 0.15) is 104 Å². The van der Waals surface area contributed by atoms with Gasteiger partial charge in [-0.2, -0.15) is 10.2 Å². The third-order valence-corrected chi connectivity index (χ3v) is 19.8.